The van der Waals surface area contributed by atoms with Gasteiger partial charge in [0, 0.05) is 13.1 Å². The Morgan fingerprint density at radius 2 is 1.88 bits per heavy atom. The van der Waals surface area contributed by atoms with Crippen molar-refractivity contribution in [2.24, 2.45) is 5.73 Å². The van der Waals surface area contributed by atoms with Gasteiger partial charge in [0.2, 0.25) is 5.91 Å². The molecular formula is C16H17F2N5O3. The lowest BCUT2D eigenvalue weighted by Gasteiger charge is -2.25. The van der Waals surface area contributed by atoms with Crippen molar-refractivity contribution in [1.82, 2.24) is 14.7 Å². The van der Waals surface area contributed by atoms with Gasteiger partial charge in [0.25, 0.3) is 5.91 Å². The van der Waals surface area contributed by atoms with E-state index in [2.05, 4.69) is 10.4 Å². The second-order valence-electron chi connectivity index (χ2n) is 5.71. The number of nitrogens with two attached hydrogens (primary N) is 1. The topological polar surface area (TPSA) is 102 Å². The van der Waals surface area contributed by atoms with Crippen molar-refractivity contribution in [3.63, 3.8) is 0 Å². The Bertz CT molecular complexity index is 813. The minimum atomic E-state index is -0.929. The fourth-order valence-corrected chi connectivity index (χ4v) is 2.62. The van der Waals surface area contributed by atoms with Crippen LogP contribution >= 0.6 is 0 Å². The van der Waals surface area contributed by atoms with Crippen LogP contribution in [0.2, 0.25) is 0 Å². The fourth-order valence-electron chi connectivity index (χ4n) is 2.62. The van der Waals surface area contributed by atoms with Crippen LogP contribution in [0.15, 0.2) is 24.4 Å². The first kappa shape index (κ1) is 18.0. The predicted molar refractivity (Wildman–Crippen MR) is 87.9 cm³/mol. The Morgan fingerprint density at radius 3 is 2.50 bits per heavy atom. The number of para-hydroxylation sites is 1. The molecule has 0 unspecified atom stereocenters. The van der Waals surface area contributed by atoms with Gasteiger partial charge in [0.1, 0.15) is 5.69 Å². The van der Waals surface area contributed by atoms with Gasteiger partial charge in [-0.3, -0.25) is 14.5 Å². The Balaban J connectivity index is 1.83. The molecule has 0 atom stereocenters. The molecule has 10 heteroatoms. The molecule has 8 nitrogen and oxygen atoms in total. The third-order valence-corrected chi connectivity index (χ3v) is 3.86. The maximum atomic E-state index is 13.9. The Hall–Kier alpha value is -2.85. The molecule has 0 aliphatic carbocycles. The highest BCUT2D eigenvalue weighted by molar-refractivity contribution is 6.02. The number of nitrogens with one attached hydrogen (secondary N) is 1. The standard InChI is InChI=1S/C16H17F2N5O3/c17-10-2-1-3-11(18)15(10)23-8-12(14(21-23)16(19)25)20-13(24)9-22-4-6-26-7-5-22/h1-3,8H,4-7,9H2,(H2,19,25)(H,20,24). The van der Waals surface area contributed by atoms with Gasteiger partial charge in [0.05, 0.1) is 31.6 Å². The third-order valence-electron chi connectivity index (χ3n) is 3.86. The Morgan fingerprint density at radius 1 is 1.23 bits per heavy atom. The van der Waals surface area contributed by atoms with E-state index in [1.807, 2.05) is 4.90 Å². The maximum absolute atomic E-state index is 13.9. The summed E-state index contributed by atoms with van der Waals surface area (Å²) in [5, 5.41) is 6.33. The van der Waals surface area contributed by atoms with Crippen LogP contribution in [0, 0.1) is 11.6 Å². The SMILES string of the molecule is NC(=O)c1nn(-c2c(F)cccc2F)cc1NC(=O)CN1CCOCC1. The summed E-state index contributed by atoms with van der Waals surface area (Å²) in [7, 11) is 0. The van der Waals surface area contributed by atoms with Crippen LogP contribution in [-0.2, 0) is 9.53 Å². The van der Waals surface area contributed by atoms with E-state index in [0.29, 0.717) is 26.3 Å². The molecule has 1 aliphatic heterocycles. The van der Waals surface area contributed by atoms with Crippen molar-refractivity contribution in [3.05, 3.63) is 41.7 Å². The van der Waals surface area contributed by atoms with Crippen molar-refractivity contribution in [1.29, 1.82) is 0 Å². The number of carbonyl (C=O) groups is 2. The number of rotatable bonds is 5. The van der Waals surface area contributed by atoms with Crippen molar-refractivity contribution in [2.45, 2.75) is 0 Å². The average Bonchev–Trinajstić information content (AvgIpc) is 2.99. The number of anilines is 1. The molecule has 0 saturated carbocycles. The smallest absolute Gasteiger partial charge is 0.271 e. The molecule has 0 radical (unpaired) electrons. The quantitative estimate of drug-likeness (QED) is 0.804. The first-order valence-electron chi connectivity index (χ1n) is 7.89. The molecule has 0 bridgehead atoms. The number of primary amides is 1. The summed E-state index contributed by atoms with van der Waals surface area (Å²) < 4.78 is 33.9. The monoisotopic (exact) mass is 365 g/mol. The number of amides is 2. The number of benzene rings is 1. The summed E-state index contributed by atoms with van der Waals surface area (Å²) >= 11 is 0. The molecule has 2 amide bonds. The van der Waals surface area contributed by atoms with Crippen LogP contribution in [0.25, 0.3) is 5.69 Å². The van der Waals surface area contributed by atoms with E-state index >= 15 is 0 Å². The Kier molecular flexibility index (Phi) is 5.24. The lowest BCUT2D eigenvalue weighted by molar-refractivity contribution is -0.118. The summed E-state index contributed by atoms with van der Waals surface area (Å²) in [5.74, 6) is -3.06. The zero-order valence-corrected chi connectivity index (χ0v) is 13.7. The molecule has 0 spiro atoms. The Labute approximate surface area is 147 Å². The zero-order valence-electron chi connectivity index (χ0n) is 13.7. The van der Waals surface area contributed by atoms with E-state index in [-0.39, 0.29) is 17.9 Å². The van der Waals surface area contributed by atoms with Crippen LogP contribution in [-0.4, -0.2) is 59.3 Å². The summed E-state index contributed by atoms with van der Waals surface area (Å²) in [6.07, 6.45) is 1.15. The summed E-state index contributed by atoms with van der Waals surface area (Å²) in [4.78, 5) is 25.7. The van der Waals surface area contributed by atoms with Gasteiger partial charge >= 0.3 is 0 Å². The maximum Gasteiger partial charge on any atom is 0.271 e. The van der Waals surface area contributed by atoms with Gasteiger partial charge in [0.15, 0.2) is 17.3 Å². The van der Waals surface area contributed by atoms with E-state index < -0.39 is 29.1 Å². The minimum Gasteiger partial charge on any atom is -0.379 e. The minimum absolute atomic E-state index is 0.0154. The van der Waals surface area contributed by atoms with Crippen molar-refractivity contribution in [2.75, 3.05) is 38.2 Å². The van der Waals surface area contributed by atoms with E-state index in [0.717, 1.165) is 23.0 Å². The van der Waals surface area contributed by atoms with Gasteiger partial charge in [-0.25, -0.2) is 13.5 Å². The van der Waals surface area contributed by atoms with Crippen LogP contribution < -0.4 is 11.1 Å². The third kappa shape index (κ3) is 3.86. The number of halogens is 2. The van der Waals surface area contributed by atoms with Gasteiger partial charge in [-0.2, -0.15) is 5.10 Å². The molecule has 1 saturated heterocycles. The number of morpholine rings is 1. The molecule has 1 fully saturated rings. The molecule has 26 heavy (non-hydrogen) atoms. The molecule has 3 N–H and O–H groups in total. The molecular weight excluding hydrogens is 348 g/mol. The largest absolute Gasteiger partial charge is 0.379 e. The highest BCUT2D eigenvalue weighted by atomic mass is 19.1. The number of carbonyl (C=O) groups excluding carboxylic acids is 2. The molecule has 2 aromatic rings. The van der Waals surface area contributed by atoms with Crippen LogP contribution in [0.5, 0.6) is 0 Å². The van der Waals surface area contributed by atoms with E-state index in [1.54, 1.807) is 0 Å². The fraction of sp³-hybridized carbons (Fsp3) is 0.312. The molecule has 2 heterocycles. The second-order valence-corrected chi connectivity index (χ2v) is 5.71. The number of nitrogens with zero attached hydrogens (tertiary/aromatic N) is 3. The molecule has 1 aromatic carbocycles. The summed E-state index contributed by atoms with van der Waals surface area (Å²) in [6, 6.07) is 3.32. The number of hydrogen-bond acceptors (Lipinski definition) is 5. The van der Waals surface area contributed by atoms with E-state index in [4.69, 9.17) is 10.5 Å². The van der Waals surface area contributed by atoms with E-state index in [9.17, 15) is 18.4 Å². The van der Waals surface area contributed by atoms with Crippen LogP contribution in [0.4, 0.5) is 14.5 Å². The van der Waals surface area contributed by atoms with Gasteiger partial charge in [-0.15, -0.1) is 0 Å². The van der Waals surface area contributed by atoms with Gasteiger partial charge in [-0.1, -0.05) is 6.07 Å². The lowest BCUT2D eigenvalue weighted by atomic mass is 10.3. The summed E-state index contributed by atoms with van der Waals surface area (Å²) in [6.45, 7) is 2.36. The molecule has 3 rings (SSSR count). The highest BCUT2D eigenvalue weighted by Gasteiger charge is 2.21. The molecule has 138 valence electrons. The van der Waals surface area contributed by atoms with Crippen LogP contribution in [0.3, 0.4) is 0 Å². The lowest BCUT2D eigenvalue weighted by Crippen LogP contribution is -2.41. The van der Waals surface area contributed by atoms with Crippen molar-refractivity contribution in [3.8, 4) is 5.69 Å². The van der Waals surface area contributed by atoms with Gasteiger partial charge in [-0.05, 0) is 12.1 Å². The normalized spacial score (nSPS) is 15.0. The van der Waals surface area contributed by atoms with E-state index in [1.165, 1.54) is 6.07 Å². The molecule has 1 aliphatic rings. The summed E-state index contributed by atoms with van der Waals surface area (Å²) in [5.41, 5.74) is 4.49. The number of hydrogen-bond donors (Lipinski definition) is 2. The number of aromatic nitrogens is 2. The first-order valence-corrected chi connectivity index (χ1v) is 7.89. The first-order chi connectivity index (χ1) is 12.5. The number of ether oxygens (including phenoxy) is 1. The zero-order chi connectivity index (χ0) is 18.7. The second kappa shape index (κ2) is 7.58. The molecule has 1 aromatic heterocycles. The van der Waals surface area contributed by atoms with Crippen molar-refractivity contribution < 1.29 is 23.1 Å². The predicted octanol–water partition coefficient (Wildman–Crippen LogP) is 0.520. The van der Waals surface area contributed by atoms with Crippen LogP contribution in [0.1, 0.15) is 10.5 Å². The van der Waals surface area contributed by atoms with Crippen molar-refractivity contribution >= 4 is 17.5 Å². The average molecular weight is 365 g/mol. The highest BCUT2D eigenvalue weighted by Crippen LogP contribution is 2.21. The van der Waals surface area contributed by atoms with Gasteiger partial charge < -0.3 is 15.8 Å².